The summed E-state index contributed by atoms with van der Waals surface area (Å²) in [6, 6.07) is 0. The van der Waals surface area contributed by atoms with Gasteiger partial charge in [0.15, 0.2) is 0 Å². The van der Waals surface area contributed by atoms with Gasteiger partial charge in [0.05, 0.1) is 0 Å². The third-order valence-corrected chi connectivity index (χ3v) is 4.25. The molecule has 2 unspecified atom stereocenters. The lowest BCUT2D eigenvalue weighted by atomic mass is 10.0. The topological polar surface area (TPSA) is 53.1 Å². The van der Waals surface area contributed by atoms with Crippen LogP contribution in [-0.4, -0.2) is 54.6 Å². The van der Waals surface area contributed by atoms with E-state index in [-0.39, 0.29) is 0 Å². The van der Waals surface area contributed by atoms with Crippen molar-refractivity contribution in [1.29, 1.82) is 0 Å². The maximum absolute atomic E-state index is 4.45. The molecule has 0 saturated carbocycles. The van der Waals surface area contributed by atoms with Crippen LogP contribution in [0.3, 0.4) is 0 Å². The Bertz CT molecular complexity index is 399. The van der Waals surface area contributed by atoms with Gasteiger partial charge in [0, 0.05) is 31.4 Å². The molecule has 5 nitrogen and oxygen atoms in total. The zero-order valence-corrected chi connectivity index (χ0v) is 11.6. The van der Waals surface area contributed by atoms with Gasteiger partial charge in [0.25, 0.3) is 0 Å². The van der Waals surface area contributed by atoms with Gasteiger partial charge in [-0.15, -0.1) is 0 Å². The largest absolute Gasteiger partial charge is 0.354 e. The Morgan fingerprint density at radius 1 is 1.37 bits per heavy atom. The van der Waals surface area contributed by atoms with Gasteiger partial charge in [-0.3, -0.25) is 0 Å². The molecule has 2 N–H and O–H groups in total. The first-order chi connectivity index (χ1) is 9.31. The van der Waals surface area contributed by atoms with Crippen molar-refractivity contribution in [2.45, 2.75) is 18.8 Å². The minimum Gasteiger partial charge on any atom is -0.354 e. The fourth-order valence-corrected chi connectivity index (χ4v) is 2.97. The van der Waals surface area contributed by atoms with E-state index in [1.165, 1.54) is 24.9 Å². The lowest BCUT2D eigenvalue weighted by molar-refractivity contribution is 0.411. The lowest BCUT2D eigenvalue weighted by Crippen LogP contribution is -2.18. The van der Waals surface area contributed by atoms with Crippen LogP contribution in [0.2, 0.25) is 0 Å². The highest BCUT2D eigenvalue weighted by molar-refractivity contribution is 5.26. The molecule has 0 aliphatic carbocycles. The van der Waals surface area contributed by atoms with Gasteiger partial charge in [-0.2, -0.15) is 0 Å². The molecule has 19 heavy (non-hydrogen) atoms. The van der Waals surface area contributed by atoms with Crippen molar-refractivity contribution in [2.75, 3.05) is 45.1 Å². The third kappa shape index (κ3) is 3.22. The van der Waals surface area contributed by atoms with E-state index in [0.717, 1.165) is 32.1 Å². The van der Waals surface area contributed by atoms with Crippen molar-refractivity contribution in [3.8, 4) is 0 Å². The molecule has 0 bridgehead atoms. The third-order valence-electron chi connectivity index (χ3n) is 4.25. The van der Waals surface area contributed by atoms with E-state index in [1.54, 1.807) is 0 Å². The van der Waals surface area contributed by atoms with Crippen LogP contribution in [0.15, 0.2) is 12.4 Å². The van der Waals surface area contributed by atoms with Crippen LogP contribution in [0.5, 0.6) is 0 Å². The minimum absolute atomic E-state index is 0.609. The molecule has 2 saturated heterocycles. The number of aromatic nitrogens is 2. The molecule has 2 fully saturated rings. The maximum Gasteiger partial charge on any atom is 0.222 e. The van der Waals surface area contributed by atoms with E-state index in [1.807, 2.05) is 12.4 Å². The highest BCUT2D eigenvalue weighted by Gasteiger charge is 2.21. The molecule has 5 heteroatoms. The first kappa shape index (κ1) is 12.8. The zero-order chi connectivity index (χ0) is 13.1. The van der Waals surface area contributed by atoms with Gasteiger partial charge >= 0.3 is 0 Å². The Balaban J connectivity index is 1.53. The Kier molecular flexibility index (Phi) is 3.94. The molecular formula is C14H23N5. The average molecular weight is 261 g/mol. The van der Waals surface area contributed by atoms with E-state index < -0.39 is 0 Å². The molecule has 3 rings (SSSR count). The summed E-state index contributed by atoms with van der Waals surface area (Å²) in [5, 5.41) is 6.71. The van der Waals surface area contributed by atoms with E-state index in [2.05, 4.69) is 32.5 Å². The second kappa shape index (κ2) is 5.84. The molecule has 0 aromatic carbocycles. The van der Waals surface area contributed by atoms with E-state index >= 15 is 0 Å². The Morgan fingerprint density at radius 3 is 2.84 bits per heavy atom. The summed E-state index contributed by atoms with van der Waals surface area (Å²) >= 11 is 0. The summed E-state index contributed by atoms with van der Waals surface area (Å²) in [6.45, 7) is 5.53. The van der Waals surface area contributed by atoms with Crippen LogP contribution in [-0.2, 0) is 0 Å². The van der Waals surface area contributed by atoms with Crippen molar-refractivity contribution >= 4 is 5.95 Å². The number of hydrogen-bond donors (Lipinski definition) is 2. The van der Waals surface area contributed by atoms with Crippen molar-refractivity contribution < 1.29 is 0 Å². The fourth-order valence-electron chi connectivity index (χ4n) is 2.97. The second-order valence-electron chi connectivity index (χ2n) is 5.83. The Morgan fingerprint density at radius 2 is 2.21 bits per heavy atom. The van der Waals surface area contributed by atoms with Gasteiger partial charge in [-0.25, -0.2) is 9.97 Å². The molecule has 1 aromatic heterocycles. The number of nitrogens with one attached hydrogen (secondary N) is 2. The monoisotopic (exact) mass is 261 g/mol. The second-order valence-corrected chi connectivity index (χ2v) is 5.83. The van der Waals surface area contributed by atoms with Crippen molar-refractivity contribution in [3.63, 3.8) is 0 Å². The number of anilines is 1. The Labute approximate surface area is 114 Å². The molecule has 2 aliphatic heterocycles. The van der Waals surface area contributed by atoms with Crippen LogP contribution in [0.1, 0.15) is 24.3 Å². The van der Waals surface area contributed by atoms with Gasteiger partial charge in [-0.05, 0) is 51.0 Å². The van der Waals surface area contributed by atoms with Gasteiger partial charge in [-0.1, -0.05) is 0 Å². The van der Waals surface area contributed by atoms with Gasteiger partial charge in [0.2, 0.25) is 5.95 Å². The first-order valence-electron chi connectivity index (χ1n) is 7.26. The highest BCUT2D eigenvalue weighted by Crippen LogP contribution is 2.25. The summed E-state index contributed by atoms with van der Waals surface area (Å²) in [4.78, 5) is 11.3. The molecule has 2 atom stereocenters. The van der Waals surface area contributed by atoms with Gasteiger partial charge < -0.3 is 15.5 Å². The average Bonchev–Trinajstić information content (AvgIpc) is 3.08. The van der Waals surface area contributed by atoms with Crippen molar-refractivity contribution in [3.05, 3.63) is 18.0 Å². The summed E-state index contributed by atoms with van der Waals surface area (Å²) in [6.07, 6.45) is 6.46. The fraction of sp³-hybridized carbons (Fsp3) is 0.714. The Hall–Kier alpha value is -1.20. The summed E-state index contributed by atoms with van der Waals surface area (Å²) in [5.41, 5.74) is 1.28. The first-order valence-corrected chi connectivity index (χ1v) is 7.26. The number of hydrogen-bond acceptors (Lipinski definition) is 5. The van der Waals surface area contributed by atoms with Crippen LogP contribution >= 0.6 is 0 Å². The minimum atomic E-state index is 0.609. The van der Waals surface area contributed by atoms with Crippen molar-refractivity contribution in [1.82, 2.24) is 20.2 Å². The number of nitrogens with zero attached hydrogens (tertiary/aromatic N) is 3. The van der Waals surface area contributed by atoms with Crippen LogP contribution < -0.4 is 10.6 Å². The quantitative estimate of drug-likeness (QED) is 0.844. The van der Waals surface area contributed by atoms with E-state index in [9.17, 15) is 0 Å². The molecule has 1 aromatic rings. The molecule has 2 aliphatic rings. The molecular weight excluding hydrogens is 238 g/mol. The molecule has 0 radical (unpaired) electrons. The smallest absolute Gasteiger partial charge is 0.222 e. The highest BCUT2D eigenvalue weighted by atomic mass is 15.1. The zero-order valence-electron chi connectivity index (χ0n) is 11.6. The summed E-state index contributed by atoms with van der Waals surface area (Å²) < 4.78 is 0. The standard InChI is InChI=1S/C14H23N5/c1-19-5-3-12(10-19)13-8-17-14(18-9-13)16-7-11-2-4-15-6-11/h8-9,11-12,15H,2-7,10H2,1H3,(H,16,17,18). The normalized spacial score (nSPS) is 27.8. The molecule has 0 spiro atoms. The maximum atomic E-state index is 4.45. The summed E-state index contributed by atoms with van der Waals surface area (Å²) in [5.74, 6) is 2.09. The number of likely N-dealkylation sites (N-methyl/N-ethyl adjacent to an activating group) is 1. The SMILES string of the molecule is CN1CCC(c2cnc(NCC3CCNC3)nc2)C1. The lowest BCUT2D eigenvalue weighted by Gasteiger charge is -2.12. The number of rotatable bonds is 4. The van der Waals surface area contributed by atoms with Gasteiger partial charge in [0.1, 0.15) is 0 Å². The number of likely N-dealkylation sites (tertiary alicyclic amines) is 1. The summed E-state index contributed by atoms with van der Waals surface area (Å²) in [7, 11) is 2.17. The van der Waals surface area contributed by atoms with Crippen LogP contribution in [0, 0.1) is 5.92 Å². The van der Waals surface area contributed by atoms with Crippen molar-refractivity contribution in [2.24, 2.45) is 5.92 Å². The molecule has 0 amide bonds. The van der Waals surface area contributed by atoms with E-state index in [0.29, 0.717) is 11.8 Å². The van der Waals surface area contributed by atoms with E-state index in [4.69, 9.17) is 0 Å². The molecule has 3 heterocycles. The van der Waals surface area contributed by atoms with Crippen LogP contribution in [0.4, 0.5) is 5.95 Å². The predicted octanol–water partition coefficient (Wildman–Crippen LogP) is 0.917. The predicted molar refractivity (Wildman–Crippen MR) is 76.4 cm³/mol. The van der Waals surface area contributed by atoms with Crippen LogP contribution in [0.25, 0.3) is 0 Å². The molecule has 104 valence electrons.